The Bertz CT molecular complexity index is 781. The second kappa shape index (κ2) is 12.0. The number of benzene rings is 2. The summed E-state index contributed by atoms with van der Waals surface area (Å²) in [6.07, 6.45) is -0.00800. The fraction of sp³-hybridized carbons (Fsp3) is 0.409. The van der Waals surface area contributed by atoms with Gasteiger partial charge in [0.1, 0.15) is 5.75 Å². The van der Waals surface area contributed by atoms with Crippen molar-refractivity contribution in [1.29, 1.82) is 0 Å². The lowest BCUT2D eigenvalue weighted by Crippen LogP contribution is -2.38. The number of guanidine groups is 1. The van der Waals surface area contributed by atoms with Crippen molar-refractivity contribution in [3.8, 4) is 5.75 Å². The summed E-state index contributed by atoms with van der Waals surface area (Å²) in [5.74, 6) is 0.664. The SMILES string of the molecule is CCNC(=NCC(O)c1ccc(OC(F)F)cc1)NCCc1ccc(N(C)C)cc1. The fourth-order valence-corrected chi connectivity index (χ4v) is 2.78. The van der Waals surface area contributed by atoms with Crippen molar-refractivity contribution in [3.05, 3.63) is 59.7 Å². The van der Waals surface area contributed by atoms with Crippen LogP contribution in [0.2, 0.25) is 0 Å². The quantitative estimate of drug-likeness (QED) is 0.407. The zero-order valence-corrected chi connectivity index (χ0v) is 17.6. The van der Waals surface area contributed by atoms with Crippen LogP contribution in [0, 0.1) is 0 Å². The van der Waals surface area contributed by atoms with E-state index in [0.717, 1.165) is 12.1 Å². The van der Waals surface area contributed by atoms with E-state index in [1.807, 2.05) is 21.0 Å². The largest absolute Gasteiger partial charge is 0.435 e. The van der Waals surface area contributed by atoms with Gasteiger partial charge in [0.25, 0.3) is 0 Å². The van der Waals surface area contributed by atoms with Gasteiger partial charge in [-0.1, -0.05) is 24.3 Å². The lowest BCUT2D eigenvalue weighted by Gasteiger charge is -2.15. The molecular formula is C22H30F2N4O2. The van der Waals surface area contributed by atoms with Crippen LogP contribution in [0.15, 0.2) is 53.5 Å². The summed E-state index contributed by atoms with van der Waals surface area (Å²) < 4.78 is 28.7. The minimum absolute atomic E-state index is 0.0538. The molecule has 0 heterocycles. The van der Waals surface area contributed by atoms with E-state index in [0.29, 0.717) is 24.6 Å². The van der Waals surface area contributed by atoms with Crippen LogP contribution in [0.3, 0.4) is 0 Å². The van der Waals surface area contributed by atoms with Gasteiger partial charge in [-0.15, -0.1) is 0 Å². The van der Waals surface area contributed by atoms with Crippen LogP contribution in [-0.2, 0) is 6.42 Å². The highest BCUT2D eigenvalue weighted by molar-refractivity contribution is 5.79. The molecule has 1 unspecified atom stereocenters. The molecule has 0 saturated carbocycles. The molecule has 1 atom stereocenters. The minimum atomic E-state index is -2.87. The Labute approximate surface area is 176 Å². The van der Waals surface area contributed by atoms with Gasteiger partial charge in [-0.2, -0.15) is 8.78 Å². The number of hydrogen-bond donors (Lipinski definition) is 3. The normalized spacial score (nSPS) is 12.6. The second-order valence-corrected chi connectivity index (χ2v) is 6.92. The Morgan fingerprint density at radius 1 is 1.07 bits per heavy atom. The topological polar surface area (TPSA) is 69.1 Å². The van der Waals surface area contributed by atoms with Crippen molar-refractivity contribution in [3.63, 3.8) is 0 Å². The maximum atomic E-state index is 12.2. The number of aliphatic hydroxyl groups is 1. The van der Waals surface area contributed by atoms with Gasteiger partial charge in [-0.3, -0.25) is 4.99 Å². The molecule has 30 heavy (non-hydrogen) atoms. The lowest BCUT2D eigenvalue weighted by atomic mass is 10.1. The first-order valence-corrected chi connectivity index (χ1v) is 9.90. The average molecular weight is 421 g/mol. The average Bonchev–Trinajstić information content (AvgIpc) is 2.72. The lowest BCUT2D eigenvalue weighted by molar-refractivity contribution is -0.0498. The maximum Gasteiger partial charge on any atom is 0.387 e. The van der Waals surface area contributed by atoms with Crippen LogP contribution in [0.5, 0.6) is 5.75 Å². The third-order valence-electron chi connectivity index (χ3n) is 4.42. The molecule has 3 N–H and O–H groups in total. The van der Waals surface area contributed by atoms with E-state index in [4.69, 9.17) is 0 Å². The van der Waals surface area contributed by atoms with Crippen molar-refractivity contribution in [1.82, 2.24) is 10.6 Å². The molecule has 0 aliphatic rings. The molecule has 0 amide bonds. The number of aliphatic imine (C=N–C) groups is 1. The first-order valence-electron chi connectivity index (χ1n) is 9.90. The maximum absolute atomic E-state index is 12.2. The predicted octanol–water partition coefficient (Wildman–Crippen LogP) is 3.19. The third-order valence-corrected chi connectivity index (χ3v) is 4.42. The molecule has 2 rings (SSSR count). The van der Waals surface area contributed by atoms with Gasteiger partial charge in [0.15, 0.2) is 5.96 Å². The molecule has 0 aliphatic carbocycles. The smallest absolute Gasteiger partial charge is 0.387 e. The van der Waals surface area contributed by atoms with Crippen molar-refractivity contribution in [2.24, 2.45) is 4.99 Å². The molecular weight excluding hydrogens is 390 g/mol. The van der Waals surface area contributed by atoms with Gasteiger partial charge >= 0.3 is 6.61 Å². The van der Waals surface area contributed by atoms with E-state index in [9.17, 15) is 13.9 Å². The molecule has 0 radical (unpaired) electrons. The number of anilines is 1. The Hall–Kier alpha value is -2.87. The highest BCUT2D eigenvalue weighted by Gasteiger charge is 2.09. The number of halogens is 2. The summed E-state index contributed by atoms with van der Waals surface area (Å²) in [5, 5.41) is 16.7. The van der Waals surface area contributed by atoms with E-state index >= 15 is 0 Å². The van der Waals surface area contributed by atoms with Gasteiger partial charge in [0, 0.05) is 32.9 Å². The molecule has 0 fully saturated rings. The summed E-state index contributed by atoms with van der Waals surface area (Å²) in [6, 6.07) is 14.3. The van der Waals surface area contributed by atoms with Crippen LogP contribution in [0.1, 0.15) is 24.2 Å². The fourth-order valence-electron chi connectivity index (χ4n) is 2.78. The molecule has 0 spiro atoms. The van der Waals surface area contributed by atoms with Crippen molar-refractivity contribution >= 4 is 11.6 Å². The summed E-state index contributed by atoms with van der Waals surface area (Å²) in [4.78, 5) is 6.47. The van der Waals surface area contributed by atoms with E-state index < -0.39 is 12.7 Å². The van der Waals surface area contributed by atoms with Crippen LogP contribution in [0.25, 0.3) is 0 Å². The number of alkyl halides is 2. The molecule has 0 bridgehead atoms. The number of ether oxygens (including phenoxy) is 1. The first-order chi connectivity index (χ1) is 14.4. The van der Waals surface area contributed by atoms with Crippen molar-refractivity contribution in [2.45, 2.75) is 26.1 Å². The minimum Gasteiger partial charge on any atom is -0.435 e. The van der Waals surface area contributed by atoms with Gasteiger partial charge < -0.3 is 25.4 Å². The van der Waals surface area contributed by atoms with Gasteiger partial charge in [0.2, 0.25) is 0 Å². The van der Waals surface area contributed by atoms with Gasteiger partial charge in [-0.05, 0) is 48.7 Å². The molecule has 164 valence electrons. The Kier molecular flexibility index (Phi) is 9.34. The zero-order chi connectivity index (χ0) is 21.9. The first kappa shape index (κ1) is 23.4. The van der Waals surface area contributed by atoms with Crippen molar-refractivity contribution < 1.29 is 18.6 Å². The third kappa shape index (κ3) is 7.87. The molecule has 0 aromatic heterocycles. The zero-order valence-electron chi connectivity index (χ0n) is 17.6. The highest BCUT2D eigenvalue weighted by atomic mass is 19.3. The molecule has 2 aromatic rings. The van der Waals surface area contributed by atoms with Crippen LogP contribution in [0.4, 0.5) is 14.5 Å². The monoisotopic (exact) mass is 420 g/mol. The Morgan fingerprint density at radius 2 is 1.73 bits per heavy atom. The predicted molar refractivity (Wildman–Crippen MR) is 116 cm³/mol. The van der Waals surface area contributed by atoms with Crippen LogP contribution < -0.4 is 20.3 Å². The number of nitrogens with zero attached hydrogens (tertiary/aromatic N) is 2. The van der Waals surface area contributed by atoms with Gasteiger partial charge in [0.05, 0.1) is 12.6 Å². The van der Waals surface area contributed by atoms with E-state index in [1.54, 1.807) is 12.1 Å². The second-order valence-electron chi connectivity index (χ2n) is 6.92. The van der Waals surface area contributed by atoms with E-state index in [1.165, 1.54) is 17.7 Å². The molecule has 8 heteroatoms. The molecule has 0 aliphatic heterocycles. The number of nitrogens with one attached hydrogen (secondary N) is 2. The molecule has 6 nitrogen and oxygen atoms in total. The standard InChI is InChI=1S/C22H30F2N4O2/c1-4-25-22(26-14-13-16-5-9-18(10-6-16)28(2)3)27-15-20(29)17-7-11-19(12-8-17)30-21(23)24/h5-12,20-21,29H,4,13-15H2,1-3H3,(H2,25,26,27). The van der Waals surface area contributed by atoms with Crippen LogP contribution in [-0.4, -0.2) is 51.4 Å². The summed E-state index contributed by atoms with van der Waals surface area (Å²) in [7, 11) is 4.02. The van der Waals surface area contributed by atoms with E-state index in [-0.39, 0.29) is 12.3 Å². The van der Waals surface area contributed by atoms with Crippen molar-refractivity contribution in [2.75, 3.05) is 38.6 Å². The number of rotatable bonds is 10. The highest BCUT2D eigenvalue weighted by Crippen LogP contribution is 2.19. The number of hydrogen-bond acceptors (Lipinski definition) is 4. The van der Waals surface area contributed by atoms with Gasteiger partial charge in [-0.25, -0.2) is 0 Å². The van der Waals surface area contributed by atoms with E-state index in [2.05, 4.69) is 49.5 Å². The summed E-state index contributed by atoms with van der Waals surface area (Å²) in [5.41, 5.74) is 2.96. The van der Waals surface area contributed by atoms with Crippen LogP contribution >= 0.6 is 0 Å². The Balaban J connectivity index is 1.86. The number of aliphatic hydroxyl groups excluding tert-OH is 1. The summed E-state index contributed by atoms with van der Waals surface area (Å²) in [6.45, 7) is 0.629. The molecule has 2 aromatic carbocycles. The Morgan fingerprint density at radius 3 is 2.30 bits per heavy atom. The molecule has 0 saturated heterocycles. The summed E-state index contributed by atoms with van der Waals surface area (Å²) >= 11 is 0.